The Morgan fingerprint density at radius 3 is 2.88 bits per heavy atom. The third-order valence-corrected chi connectivity index (χ3v) is 3.29. The quantitative estimate of drug-likeness (QED) is 0.280. The Labute approximate surface area is 96.8 Å². The molecule has 1 aliphatic heterocycles. The number of rotatable bonds is 4. The number of aliphatic imine (C=N–C) groups is 1. The second-order valence-electron chi connectivity index (χ2n) is 4.62. The molecule has 0 radical (unpaired) electrons. The highest BCUT2D eigenvalue weighted by atomic mass is 16.5. The second kappa shape index (κ2) is 5.50. The summed E-state index contributed by atoms with van der Waals surface area (Å²) in [4.78, 5) is 4.49. The maximum absolute atomic E-state index is 5.63. The highest BCUT2D eigenvalue weighted by Crippen LogP contribution is 2.23. The van der Waals surface area contributed by atoms with Crippen molar-refractivity contribution in [2.45, 2.75) is 44.8 Å². The van der Waals surface area contributed by atoms with Crippen LogP contribution in [0.25, 0.3) is 0 Å². The van der Waals surface area contributed by atoms with E-state index in [-0.39, 0.29) is 0 Å². The summed E-state index contributed by atoms with van der Waals surface area (Å²) in [6.45, 7) is 3.84. The Hall–Kier alpha value is -0.810. The molecule has 0 aromatic rings. The van der Waals surface area contributed by atoms with Gasteiger partial charge in [0.05, 0.1) is 6.10 Å². The molecular formula is C11H22N4O. The molecule has 16 heavy (non-hydrogen) atoms. The van der Waals surface area contributed by atoms with Crippen molar-refractivity contribution in [1.82, 2.24) is 10.7 Å². The van der Waals surface area contributed by atoms with Gasteiger partial charge in [0.25, 0.3) is 0 Å². The molecule has 5 nitrogen and oxygen atoms in total. The first-order valence-corrected chi connectivity index (χ1v) is 6.22. The Balaban J connectivity index is 1.80. The van der Waals surface area contributed by atoms with E-state index in [9.17, 15) is 0 Å². The van der Waals surface area contributed by atoms with E-state index in [2.05, 4.69) is 22.7 Å². The van der Waals surface area contributed by atoms with Gasteiger partial charge in [-0.25, -0.2) is 5.84 Å². The van der Waals surface area contributed by atoms with Gasteiger partial charge in [-0.1, -0.05) is 6.92 Å². The first kappa shape index (κ1) is 11.7. The predicted octanol–water partition coefficient (Wildman–Crippen LogP) is 0.373. The molecule has 2 aliphatic rings. The van der Waals surface area contributed by atoms with Crippen LogP contribution in [-0.4, -0.2) is 31.3 Å². The van der Waals surface area contributed by atoms with E-state index in [0.717, 1.165) is 32.0 Å². The van der Waals surface area contributed by atoms with Crippen LogP contribution in [0.5, 0.6) is 0 Å². The molecule has 5 heteroatoms. The summed E-state index contributed by atoms with van der Waals surface area (Å²) in [5.74, 6) is 6.70. The lowest BCUT2D eigenvalue weighted by molar-refractivity contribution is 0.0892. The third kappa shape index (κ3) is 3.09. The fourth-order valence-corrected chi connectivity index (χ4v) is 2.12. The Morgan fingerprint density at radius 1 is 1.44 bits per heavy atom. The van der Waals surface area contributed by atoms with Gasteiger partial charge in [0.1, 0.15) is 0 Å². The number of hydrogen-bond acceptors (Lipinski definition) is 3. The van der Waals surface area contributed by atoms with Crippen LogP contribution >= 0.6 is 0 Å². The molecule has 2 unspecified atom stereocenters. The van der Waals surface area contributed by atoms with Crippen LogP contribution in [0.2, 0.25) is 0 Å². The van der Waals surface area contributed by atoms with Crippen LogP contribution in [0.3, 0.4) is 0 Å². The molecule has 1 heterocycles. The summed E-state index contributed by atoms with van der Waals surface area (Å²) in [5.41, 5.74) is 2.63. The molecule has 2 rings (SSSR count). The summed E-state index contributed by atoms with van der Waals surface area (Å²) < 4.78 is 5.63. The highest BCUT2D eigenvalue weighted by Gasteiger charge is 2.27. The summed E-state index contributed by atoms with van der Waals surface area (Å²) in [6, 6.07) is 0.580. The molecule has 0 amide bonds. The number of hydrogen-bond donors (Lipinski definition) is 3. The number of nitrogens with two attached hydrogens (primary N) is 1. The lowest BCUT2D eigenvalue weighted by atomic mass is 10.0. The minimum atomic E-state index is 0.378. The molecule has 1 aliphatic carbocycles. The van der Waals surface area contributed by atoms with E-state index in [0.29, 0.717) is 18.1 Å². The average Bonchev–Trinajstić information content (AvgIpc) is 3.00. The van der Waals surface area contributed by atoms with Crippen molar-refractivity contribution in [3.8, 4) is 0 Å². The smallest absolute Gasteiger partial charge is 0.205 e. The van der Waals surface area contributed by atoms with Gasteiger partial charge in [-0.2, -0.15) is 0 Å². The van der Waals surface area contributed by atoms with Crippen LogP contribution in [0.1, 0.15) is 32.6 Å². The molecule has 1 saturated heterocycles. The molecule has 1 saturated carbocycles. The van der Waals surface area contributed by atoms with Crippen molar-refractivity contribution in [2.24, 2.45) is 16.8 Å². The lowest BCUT2D eigenvalue weighted by Crippen LogP contribution is -2.43. The van der Waals surface area contributed by atoms with Crippen LogP contribution < -0.4 is 16.6 Å². The van der Waals surface area contributed by atoms with Gasteiger partial charge in [0.15, 0.2) is 0 Å². The van der Waals surface area contributed by atoms with E-state index >= 15 is 0 Å². The van der Waals surface area contributed by atoms with E-state index < -0.39 is 0 Å². The SMILES string of the molecule is CCC1OCCC1CN=C(NN)NC1CC1. The number of hydrazine groups is 1. The third-order valence-electron chi connectivity index (χ3n) is 3.29. The molecule has 0 bridgehead atoms. The van der Waals surface area contributed by atoms with Gasteiger partial charge >= 0.3 is 0 Å². The van der Waals surface area contributed by atoms with E-state index in [4.69, 9.17) is 10.6 Å². The molecule has 92 valence electrons. The zero-order chi connectivity index (χ0) is 11.4. The number of nitrogens with one attached hydrogen (secondary N) is 2. The molecule has 0 spiro atoms. The van der Waals surface area contributed by atoms with Crippen molar-refractivity contribution in [2.75, 3.05) is 13.2 Å². The van der Waals surface area contributed by atoms with E-state index in [1.165, 1.54) is 12.8 Å². The highest BCUT2D eigenvalue weighted by molar-refractivity contribution is 5.79. The fourth-order valence-electron chi connectivity index (χ4n) is 2.12. The number of nitrogens with zero attached hydrogens (tertiary/aromatic N) is 1. The van der Waals surface area contributed by atoms with Crippen LogP contribution in [0, 0.1) is 5.92 Å². The molecule has 4 N–H and O–H groups in total. The first-order valence-electron chi connectivity index (χ1n) is 6.22. The maximum Gasteiger partial charge on any atom is 0.205 e. The van der Waals surface area contributed by atoms with Crippen molar-refractivity contribution >= 4 is 5.96 Å². The van der Waals surface area contributed by atoms with Gasteiger partial charge in [-0.15, -0.1) is 0 Å². The Kier molecular flexibility index (Phi) is 4.01. The summed E-state index contributed by atoms with van der Waals surface area (Å²) in [6.07, 6.45) is 5.02. The zero-order valence-corrected chi connectivity index (χ0v) is 9.91. The van der Waals surface area contributed by atoms with Crippen molar-refractivity contribution < 1.29 is 4.74 Å². The monoisotopic (exact) mass is 226 g/mol. The molecule has 2 atom stereocenters. The molecular weight excluding hydrogens is 204 g/mol. The largest absolute Gasteiger partial charge is 0.378 e. The van der Waals surface area contributed by atoms with E-state index in [1.807, 2.05) is 0 Å². The lowest BCUT2D eigenvalue weighted by Gasteiger charge is -2.15. The molecule has 0 aromatic heterocycles. The zero-order valence-electron chi connectivity index (χ0n) is 9.91. The average molecular weight is 226 g/mol. The fraction of sp³-hybridized carbons (Fsp3) is 0.909. The molecule has 0 aromatic carbocycles. The Bertz CT molecular complexity index is 252. The maximum atomic E-state index is 5.63. The normalized spacial score (nSPS) is 30.5. The minimum Gasteiger partial charge on any atom is -0.378 e. The summed E-state index contributed by atoms with van der Waals surface area (Å²) in [7, 11) is 0. The first-order chi connectivity index (χ1) is 7.83. The number of ether oxygens (including phenoxy) is 1. The van der Waals surface area contributed by atoms with Gasteiger partial charge in [0.2, 0.25) is 5.96 Å². The molecule has 2 fully saturated rings. The summed E-state index contributed by atoms with van der Waals surface area (Å²) >= 11 is 0. The number of guanidine groups is 1. The van der Waals surface area contributed by atoms with Gasteiger partial charge < -0.3 is 10.1 Å². The van der Waals surface area contributed by atoms with Crippen LogP contribution in [0.15, 0.2) is 4.99 Å². The van der Waals surface area contributed by atoms with Crippen LogP contribution in [0.4, 0.5) is 0 Å². The van der Waals surface area contributed by atoms with Gasteiger partial charge in [-0.3, -0.25) is 10.4 Å². The topological polar surface area (TPSA) is 71.7 Å². The van der Waals surface area contributed by atoms with Crippen LogP contribution in [-0.2, 0) is 4.74 Å². The predicted molar refractivity (Wildman–Crippen MR) is 63.9 cm³/mol. The van der Waals surface area contributed by atoms with Crippen molar-refractivity contribution in [3.05, 3.63) is 0 Å². The minimum absolute atomic E-state index is 0.378. The van der Waals surface area contributed by atoms with Crippen molar-refractivity contribution in [3.63, 3.8) is 0 Å². The summed E-state index contributed by atoms with van der Waals surface area (Å²) in [5, 5.41) is 3.27. The standard InChI is InChI=1S/C11H22N4O/c1-2-10-8(5-6-16-10)7-13-11(15-12)14-9-3-4-9/h8-10H,2-7,12H2,1H3,(H2,13,14,15). The van der Waals surface area contributed by atoms with Gasteiger partial charge in [-0.05, 0) is 25.7 Å². The van der Waals surface area contributed by atoms with Crippen molar-refractivity contribution in [1.29, 1.82) is 0 Å². The Morgan fingerprint density at radius 2 is 2.25 bits per heavy atom. The van der Waals surface area contributed by atoms with Gasteiger partial charge in [0, 0.05) is 25.1 Å². The van der Waals surface area contributed by atoms with E-state index in [1.54, 1.807) is 0 Å². The second-order valence-corrected chi connectivity index (χ2v) is 4.62.